The van der Waals surface area contributed by atoms with E-state index >= 15 is 0 Å². The van der Waals surface area contributed by atoms with Crippen molar-refractivity contribution in [2.75, 3.05) is 25.0 Å². The summed E-state index contributed by atoms with van der Waals surface area (Å²) >= 11 is 3.44. The number of rotatable bonds is 3. The van der Waals surface area contributed by atoms with Crippen LogP contribution in [0.4, 0.5) is 5.82 Å². The summed E-state index contributed by atoms with van der Waals surface area (Å²) in [7, 11) is 0. The number of halogens is 1. The van der Waals surface area contributed by atoms with Gasteiger partial charge in [0.05, 0.1) is 11.0 Å². The lowest BCUT2D eigenvalue weighted by Crippen LogP contribution is -2.39. The van der Waals surface area contributed by atoms with Gasteiger partial charge in [-0.2, -0.15) is 0 Å². The largest absolute Gasteiger partial charge is 0.360 e. The molecule has 0 atom stereocenters. The highest BCUT2D eigenvalue weighted by molar-refractivity contribution is 9.10. The molecular formula is C13H18BrN3O. The molecule has 2 heterocycles. The molecule has 0 spiro atoms. The Labute approximate surface area is 116 Å². The molecule has 5 heteroatoms. The highest BCUT2D eigenvalue weighted by Gasteiger charge is 2.16. The van der Waals surface area contributed by atoms with Crippen LogP contribution in [0.2, 0.25) is 0 Å². The molecule has 1 saturated heterocycles. The maximum Gasteiger partial charge on any atom is 0.241 e. The van der Waals surface area contributed by atoms with Gasteiger partial charge in [-0.1, -0.05) is 0 Å². The smallest absolute Gasteiger partial charge is 0.241 e. The van der Waals surface area contributed by atoms with Crippen LogP contribution in [0, 0.1) is 6.92 Å². The van der Waals surface area contributed by atoms with E-state index < -0.39 is 0 Å². The summed E-state index contributed by atoms with van der Waals surface area (Å²) in [5, 5.41) is 3.09. The number of amides is 1. The van der Waals surface area contributed by atoms with E-state index in [1.165, 1.54) is 6.42 Å². The Hall–Kier alpha value is -1.10. The molecule has 0 unspecified atom stereocenters. The highest BCUT2D eigenvalue weighted by atomic mass is 79.9. The maximum atomic E-state index is 12.0. The van der Waals surface area contributed by atoms with Crippen LogP contribution in [0.1, 0.15) is 24.8 Å². The van der Waals surface area contributed by atoms with E-state index in [1.807, 2.05) is 17.9 Å². The van der Waals surface area contributed by atoms with E-state index in [4.69, 9.17) is 0 Å². The molecule has 1 aromatic heterocycles. The second kappa shape index (κ2) is 6.18. The summed E-state index contributed by atoms with van der Waals surface area (Å²) in [6.45, 7) is 4.08. The van der Waals surface area contributed by atoms with Crippen molar-refractivity contribution < 1.29 is 4.79 Å². The molecule has 0 bridgehead atoms. The van der Waals surface area contributed by atoms with E-state index in [-0.39, 0.29) is 5.91 Å². The van der Waals surface area contributed by atoms with Crippen molar-refractivity contribution in [2.45, 2.75) is 26.2 Å². The fraction of sp³-hybridized carbons (Fsp3) is 0.538. The SMILES string of the molecule is Cc1cnc(NCC(=O)N2CCCCC2)c(Br)c1. The zero-order valence-electron chi connectivity index (χ0n) is 10.6. The fourth-order valence-electron chi connectivity index (χ4n) is 2.08. The van der Waals surface area contributed by atoms with E-state index in [0.717, 1.165) is 41.8 Å². The van der Waals surface area contributed by atoms with E-state index in [0.29, 0.717) is 6.54 Å². The predicted molar refractivity (Wildman–Crippen MR) is 75.6 cm³/mol. The molecule has 2 rings (SSSR count). The average Bonchev–Trinajstić information content (AvgIpc) is 2.38. The number of nitrogens with one attached hydrogen (secondary N) is 1. The lowest BCUT2D eigenvalue weighted by molar-refractivity contribution is -0.130. The van der Waals surface area contributed by atoms with Gasteiger partial charge in [0.25, 0.3) is 0 Å². The van der Waals surface area contributed by atoms with Crippen molar-refractivity contribution in [2.24, 2.45) is 0 Å². The molecule has 4 nitrogen and oxygen atoms in total. The second-order valence-corrected chi connectivity index (χ2v) is 5.49. The summed E-state index contributed by atoms with van der Waals surface area (Å²) in [5.41, 5.74) is 1.09. The number of carbonyl (C=O) groups excluding carboxylic acids is 1. The molecule has 1 fully saturated rings. The molecule has 0 aromatic carbocycles. The first-order valence-corrected chi connectivity index (χ1v) is 7.10. The molecular weight excluding hydrogens is 294 g/mol. The van der Waals surface area contributed by atoms with Gasteiger partial charge in [0, 0.05) is 19.3 Å². The number of hydrogen-bond acceptors (Lipinski definition) is 3. The van der Waals surface area contributed by atoms with Crippen LogP contribution in [-0.4, -0.2) is 35.4 Å². The molecule has 1 aliphatic rings. The Morgan fingerprint density at radius 1 is 1.44 bits per heavy atom. The van der Waals surface area contributed by atoms with Crippen molar-refractivity contribution in [1.82, 2.24) is 9.88 Å². The molecule has 1 aliphatic heterocycles. The van der Waals surface area contributed by atoms with Crippen molar-refractivity contribution >= 4 is 27.7 Å². The highest BCUT2D eigenvalue weighted by Crippen LogP contribution is 2.20. The van der Waals surface area contributed by atoms with Crippen LogP contribution in [0.25, 0.3) is 0 Å². The molecule has 0 aliphatic carbocycles. The summed E-state index contributed by atoms with van der Waals surface area (Å²) in [5.74, 6) is 0.884. The van der Waals surface area contributed by atoms with Crippen molar-refractivity contribution in [3.05, 3.63) is 22.3 Å². The average molecular weight is 312 g/mol. The Kier molecular flexibility index (Phi) is 4.58. The molecule has 1 amide bonds. The van der Waals surface area contributed by atoms with Gasteiger partial charge in [-0.25, -0.2) is 4.98 Å². The van der Waals surface area contributed by atoms with E-state index in [1.54, 1.807) is 6.20 Å². The first-order valence-electron chi connectivity index (χ1n) is 6.30. The number of anilines is 1. The minimum absolute atomic E-state index is 0.156. The van der Waals surface area contributed by atoms with Crippen LogP contribution in [0.3, 0.4) is 0 Å². The van der Waals surface area contributed by atoms with Gasteiger partial charge in [-0.05, 0) is 53.7 Å². The lowest BCUT2D eigenvalue weighted by Gasteiger charge is -2.26. The maximum absolute atomic E-state index is 12.0. The van der Waals surface area contributed by atoms with Gasteiger partial charge in [0.2, 0.25) is 5.91 Å². The third-order valence-electron chi connectivity index (χ3n) is 3.09. The van der Waals surface area contributed by atoms with Gasteiger partial charge >= 0.3 is 0 Å². The van der Waals surface area contributed by atoms with Gasteiger partial charge in [0.1, 0.15) is 5.82 Å². The zero-order valence-corrected chi connectivity index (χ0v) is 12.2. The van der Waals surface area contributed by atoms with Gasteiger partial charge in [0.15, 0.2) is 0 Å². The third-order valence-corrected chi connectivity index (χ3v) is 3.70. The number of likely N-dealkylation sites (tertiary alicyclic amines) is 1. The predicted octanol–water partition coefficient (Wildman–Crippen LogP) is 2.58. The summed E-state index contributed by atoms with van der Waals surface area (Å²) < 4.78 is 0.897. The van der Waals surface area contributed by atoms with Crippen LogP contribution < -0.4 is 5.32 Å². The first kappa shape index (κ1) is 13.3. The number of aryl methyl sites for hydroxylation is 1. The molecule has 18 heavy (non-hydrogen) atoms. The van der Waals surface area contributed by atoms with Crippen LogP contribution in [0.15, 0.2) is 16.7 Å². The van der Waals surface area contributed by atoms with E-state index in [9.17, 15) is 4.79 Å². The normalized spacial score (nSPS) is 15.6. The van der Waals surface area contributed by atoms with Crippen LogP contribution >= 0.6 is 15.9 Å². The first-order chi connectivity index (χ1) is 8.66. The van der Waals surface area contributed by atoms with E-state index in [2.05, 4.69) is 26.2 Å². The van der Waals surface area contributed by atoms with Gasteiger partial charge in [-0.3, -0.25) is 4.79 Å². The van der Waals surface area contributed by atoms with Crippen LogP contribution in [0.5, 0.6) is 0 Å². The standard InChI is InChI=1S/C13H18BrN3O/c1-10-7-11(14)13(15-8-10)16-9-12(18)17-5-3-2-4-6-17/h7-8H,2-6,9H2,1H3,(H,15,16). The number of carbonyl (C=O) groups is 1. The lowest BCUT2D eigenvalue weighted by atomic mass is 10.1. The molecule has 0 radical (unpaired) electrons. The summed E-state index contributed by atoms with van der Waals surface area (Å²) in [6.07, 6.45) is 5.27. The number of pyridine rings is 1. The molecule has 0 saturated carbocycles. The Morgan fingerprint density at radius 3 is 2.83 bits per heavy atom. The third kappa shape index (κ3) is 3.45. The Bertz CT molecular complexity index is 430. The number of piperidine rings is 1. The Balaban J connectivity index is 1.88. The van der Waals surface area contributed by atoms with Gasteiger partial charge < -0.3 is 10.2 Å². The summed E-state index contributed by atoms with van der Waals surface area (Å²) in [6, 6.07) is 1.99. The molecule has 1 N–H and O–H groups in total. The molecule has 1 aromatic rings. The second-order valence-electron chi connectivity index (χ2n) is 4.64. The van der Waals surface area contributed by atoms with Crippen molar-refractivity contribution in [1.29, 1.82) is 0 Å². The minimum Gasteiger partial charge on any atom is -0.360 e. The number of nitrogens with zero attached hydrogens (tertiary/aromatic N) is 2. The zero-order chi connectivity index (χ0) is 13.0. The number of aromatic nitrogens is 1. The van der Waals surface area contributed by atoms with Crippen molar-refractivity contribution in [3.63, 3.8) is 0 Å². The summed E-state index contributed by atoms with van der Waals surface area (Å²) in [4.78, 5) is 18.2. The van der Waals surface area contributed by atoms with Crippen LogP contribution in [-0.2, 0) is 4.79 Å². The number of hydrogen-bond donors (Lipinski definition) is 1. The monoisotopic (exact) mass is 311 g/mol. The fourth-order valence-corrected chi connectivity index (χ4v) is 2.68. The Morgan fingerprint density at radius 2 is 2.17 bits per heavy atom. The minimum atomic E-state index is 0.156. The topological polar surface area (TPSA) is 45.2 Å². The van der Waals surface area contributed by atoms with Crippen molar-refractivity contribution in [3.8, 4) is 0 Å². The molecule has 98 valence electrons. The van der Waals surface area contributed by atoms with Gasteiger partial charge in [-0.15, -0.1) is 0 Å². The quantitative estimate of drug-likeness (QED) is 0.933.